The Morgan fingerprint density at radius 3 is 1.23 bits per heavy atom. The number of anilines is 6. The smallest absolute Gasteiger partial charge is 0.252 e. The van der Waals surface area contributed by atoms with E-state index >= 15 is 0 Å². The third-order valence-electron chi connectivity index (χ3n) is 19.4. The van der Waals surface area contributed by atoms with E-state index < -0.39 is 220 Å². The van der Waals surface area contributed by atoms with Gasteiger partial charge in [0.15, 0.2) is 0 Å². The van der Waals surface area contributed by atoms with Gasteiger partial charge in [-0.15, -0.1) is 0 Å². The van der Waals surface area contributed by atoms with Gasteiger partial charge in [-0.1, -0.05) is 278 Å². The molecule has 17 aromatic rings. The molecule has 20 rings (SSSR count). The number of hydrogen-bond donors (Lipinski definition) is 0. The minimum Gasteiger partial charge on any atom is -0.456 e. The molecule has 0 atom stereocenters. The summed E-state index contributed by atoms with van der Waals surface area (Å²) in [6.45, 7) is 0.200. The van der Waals surface area contributed by atoms with Gasteiger partial charge in [0, 0.05) is 72.5 Å². The highest BCUT2D eigenvalue weighted by molar-refractivity contribution is 7.00. The maximum atomic E-state index is 10.6. The number of para-hydroxylation sites is 4. The van der Waals surface area contributed by atoms with Crippen LogP contribution in [0.4, 0.5) is 34.1 Å². The van der Waals surface area contributed by atoms with Crippen molar-refractivity contribution in [2.24, 2.45) is 0 Å². The highest BCUT2D eigenvalue weighted by Gasteiger charge is 2.46. The molecule has 0 unspecified atom stereocenters. The zero-order valence-electron chi connectivity index (χ0n) is 76.9. The van der Waals surface area contributed by atoms with Crippen molar-refractivity contribution in [3.05, 3.63) is 366 Å². The van der Waals surface area contributed by atoms with E-state index in [0.717, 1.165) is 38.4 Å². The van der Waals surface area contributed by atoms with Crippen molar-refractivity contribution in [2.75, 3.05) is 9.80 Å². The predicted molar refractivity (Wildman–Crippen MR) is 409 cm³/mol. The Labute approximate surface area is 604 Å². The molecule has 98 heavy (non-hydrogen) atoms. The first kappa shape index (κ1) is 36.5. The largest absolute Gasteiger partial charge is 0.456 e. The lowest BCUT2D eigenvalue weighted by Gasteiger charge is -2.46. The second-order valence-corrected chi connectivity index (χ2v) is 24.7. The molecular formula is C93H61BN2O2. The third kappa shape index (κ3) is 8.86. The first-order valence-corrected chi connectivity index (χ1v) is 32.0. The zero-order chi connectivity index (χ0) is 86.3. The Kier molecular flexibility index (Phi) is 8.31. The molecule has 0 fully saturated rings. The van der Waals surface area contributed by atoms with Crippen LogP contribution in [-0.4, -0.2) is 6.71 Å². The van der Waals surface area contributed by atoms with Gasteiger partial charge >= 0.3 is 0 Å². The Morgan fingerprint density at radius 2 is 0.745 bits per heavy atom. The monoisotopic (exact) mass is 1270 g/mol. The maximum Gasteiger partial charge on any atom is 0.252 e. The third-order valence-corrected chi connectivity index (χ3v) is 19.4. The van der Waals surface area contributed by atoms with Crippen LogP contribution in [0.3, 0.4) is 0 Å². The molecule has 0 N–H and O–H groups in total. The summed E-state index contributed by atoms with van der Waals surface area (Å²) in [7, 11) is 0. The lowest BCUT2D eigenvalue weighted by molar-refractivity contribution is 0.668. The minimum atomic E-state index is -1.18. The summed E-state index contributed by atoms with van der Waals surface area (Å²) in [5.41, 5.74) is 3.22. The van der Waals surface area contributed by atoms with Crippen LogP contribution in [0.1, 0.15) is 73.6 Å². The van der Waals surface area contributed by atoms with Crippen LogP contribution in [-0.2, 0) is 6.42 Å². The summed E-state index contributed by atoms with van der Waals surface area (Å²) in [6.07, 6.45) is 0.428. The standard InChI is InChI=1S/C93H61BN2O2/c1-58-22-19-31-66(50-58)75-39-21-38-74(61-27-9-4-10-28-61)93(75)96-83-55-65(63-45-49-89-79(53-63)77-35-16-18-41-87(77)98-89)43-47-81(83)94-80-46-42-64(62-44-48-88-78(52-62)76-34-15-17-40-86(76)97-88)54-82(80)95(92-72(59-23-5-2-6-24-59)36-20-37-73(92)60-25-7-3-8-26-60)84-56-69(57-85(96)91(84)94)90-70-32-13-11-29-67(70)51-68-30-12-14-33-71(68)90/h2-50,52-57,90H,51H2,1H3/i2D,3D,4D,5D,6D,7D,8D,9D,10D,19D,20D,21D,22D,23D,24D,25D,26D,27D,28D,31D,36D,37D,38D,39D,50D. The molecule has 4 nitrogen and oxygen atoms in total. The van der Waals surface area contributed by atoms with Gasteiger partial charge in [0.05, 0.1) is 45.6 Å². The summed E-state index contributed by atoms with van der Waals surface area (Å²) in [5, 5.41) is 2.99. The summed E-state index contributed by atoms with van der Waals surface area (Å²) in [5.74, 6) is -0.884. The molecule has 2 aromatic heterocycles. The predicted octanol–water partition coefficient (Wildman–Crippen LogP) is 23.0. The van der Waals surface area contributed by atoms with E-state index in [9.17, 15) is 30.2 Å². The van der Waals surface area contributed by atoms with Crippen molar-refractivity contribution in [2.45, 2.75) is 19.3 Å². The number of rotatable bonds is 9. The Morgan fingerprint density at radius 1 is 0.347 bits per heavy atom. The van der Waals surface area contributed by atoms with Crippen molar-refractivity contribution < 1.29 is 43.1 Å². The average molecular weight is 1270 g/mol. The van der Waals surface area contributed by atoms with Crippen LogP contribution >= 0.6 is 0 Å². The van der Waals surface area contributed by atoms with E-state index in [1.54, 1.807) is 9.80 Å². The number of nitrogens with zero attached hydrogens (tertiary/aromatic N) is 2. The van der Waals surface area contributed by atoms with E-state index in [4.69, 9.17) is 12.9 Å². The van der Waals surface area contributed by atoms with E-state index in [-0.39, 0.29) is 33.8 Å². The molecule has 0 spiro atoms. The summed E-state index contributed by atoms with van der Waals surface area (Å²) < 4.78 is 258. The molecule has 0 amide bonds. The molecule has 4 heterocycles. The van der Waals surface area contributed by atoms with Crippen molar-refractivity contribution >= 4 is 101 Å². The topological polar surface area (TPSA) is 32.8 Å². The van der Waals surface area contributed by atoms with E-state index in [1.807, 2.05) is 182 Å². The first-order chi connectivity index (χ1) is 58.9. The molecule has 3 aliphatic rings. The second kappa shape index (κ2) is 22.3. The molecule has 2 aliphatic heterocycles. The zero-order valence-corrected chi connectivity index (χ0v) is 51.9. The average Bonchev–Trinajstić information content (AvgIpc) is 1.67. The van der Waals surface area contributed by atoms with Gasteiger partial charge in [-0.05, 0) is 163 Å². The molecule has 0 bridgehead atoms. The van der Waals surface area contributed by atoms with Crippen molar-refractivity contribution in [3.8, 4) is 66.8 Å². The highest BCUT2D eigenvalue weighted by Crippen LogP contribution is 2.55. The Hall–Kier alpha value is -12.4. The van der Waals surface area contributed by atoms with E-state index in [0.29, 0.717) is 72.9 Å². The maximum absolute atomic E-state index is 10.6. The van der Waals surface area contributed by atoms with E-state index in [1.165, 1.54) is 6.92 Å². The van der Waals surface area contributed by atoms with Gasteiger partial charge < -0.3 is 18.6 Å². The Bertz CT molecular complexity index is 6940. The van der Waals surface area contributed by atoms with Crippen LogP contribution in [0.5, 0.6) is 0 Å². The normalized spacial score (nSPS) is 16.6. The minimum absolute atomic E-state index is 0.0233. The van der Waals surface area contributed by atoms with Crippen molar-refractivity contribution in [1.82, 2.24) is 0 Å². The van der Waals surface area contributed by atoms with Crippen LogP contribution in [0.2, 0.25) is 0 Å². The first-order valence-electron chi connectivity index (χ1n) is 44.5. The molecule has 0 radical (unpaired) electrons. The molecular weight excluding hydrogens is 1190 g/mol. The van der Waals surface area contributed by atoms with Gasteiger partial charge in [0.25, 0.3) is 6.71 Å². The molecule has 0 saturated carbocycles. The van der Waals surface area contributed by atoms with Gasteiger partial charge in [0.1, 0.15) is 22.3 Å². The van der Waals surface area contributed by atoms with Crippen molar-refractivity contribution in [1.29, 1.82) is 0 Å². The fraction of sp³-hybridized carbons (Fsp3) is 0.0323. The van der Waals surface area contributed by atoms with Gasteiger partial charge in [-0.3, -0.25) is 0 Å². The summed E-state index contributed by atoms with van der Waals surface area (Å²) in [6, 6.07) is 35.1. The number of hydrogen-bond acceptors (Lipinski definition) is 4. The fourth-order valence-electron chi connectivity index (χ4n) is 15.2. The lowest BCUT2D eigenvalue weighted by atomic mass is 9.33. The fourth-order valence-corrected chi connectivity index (χ4v) is 15.2. The van der Waals surface area contributed by atoms with Gasteiger partial charge in [-0.2, -0.15) is 0 Å². The van der Waals surface area contributed by atoms with Crippen molar-refractivity contribution in [3.63, 3.8) is 0 Å². The number of benzene rings is 15. The van der Waals surface area contributed by atoms with Gasteiger partial charge in [0.2, 0.25) is 0 Å². The number of furan rings is 2. The SMILES string of the molecule is [2H]c1c([2H])c([2H])c(-c2c([2H])c([2H])c([2H])c(-c3c([2H])c([2H])c([2H])c([2H])c3[2H])c2N2c3cc(-c4ccc5oc6ccccc6c5c4)ccc3B3c4ccc(-c5ccc6oc7ccccc7c6c5)cc4N(c4c(-c5c([2H])c([2H])c([2H])c([2H])c5[2H])c([2H])c([2H])c([2H])c4-c4c([2H])c([2H])c([2H])c(C)c4[2H])c4cc(C5c6ccccc6Cc6ccccc65)cc2c43)c([2H])c1[2H]. The van der Waals surface area contributed by atoms with Crippen LogP contribution in [0.15, 0.2) is 342 Å². The van der Waals surface area contributed by atoms with Gasteiger partial charge in [-0.25, -0.2) is 0 Å². The molecule has 458 valence electrons. The molecule has 15 aromatic carbocycles. The van der Waals surface area contributed by atoms with Crippen LogP contribution in [0.25, 0.3) is 111 Å². The quantitative estimate of drug-likeness (QED) is 0.135. The number of fused-ring (bicyclic) bond motifs is 12. The summed E-state index contributed by atoms with van der Waals surface area (Å²) in [4.78, 5) is 3.17. The van der Waals surface area contributed by atoms with Crippen LogP contribution < -0.4 is 26.2 Å². The molecule has 1 aliphatic carbocycles. The van der Waals surface area contributed by atoms with E-state index in [2.05, 4.69) is 0 Å². The highest BCUT2D eigenvalue weighted by atomic mass is 16.3. The molecule has 5 heteroatoms. The van der Waals surface area contributed by atoms with Crippen LogP contribution in [0, 0.1) is 6.92 Å². The molecule has 0 saturated heterocycles. The lowest BCUT2D eigenvalue weighted by Crippen LogP contribution is -2.61. The summed E-state index contributed by atoms with van der Waals surface area (Å²) >= 11 is 0. The Balaban J connectivity index is 1.05. The second-order valence-electron chi connectivity index (χ2n) is 24.7.